The van der Waals surface area contributed by atoms with Crippen LogP contribution in [0.25, 0.3) is 0 Å². The zero-order valence-electron chi connectivity index (χ0n) is 13.0. The van der Waals surface area contributed by atoms with Gasteiger partial charge in [-0.1, -0.05) is 0 Å². The van der Waals surface area contributed by atoms with Crippen molar-refractivity contribution in [3.05, 3.63) is 45.9 Å². The maximum Gasteiger partial charge on any atom is 0.314 e. The first-order valence-electron chi connectivity index (χ1n) is 6.69. The lowest BCUT2D eigenvalue weighted by Gasteiger charge is -2.18. The summed E-state index contributed by atoms with van der Waals surface area (Å²) in [5, 5.41) is 11.2. The van der Waals surface area contributed by atoms with Crippen LogP contribution in [-0.2, 0) is 6.54 Å². The van der Waals surface area contributed by atoms with Gasteiger partial charge in [0.1, 0.15) is 0 Å². The van der Waals surface area contributed by atoms with E-state index in [2.05, 4.69) is 15.0 Å². The number of anilines is 2. The van der Waals surface area contributed by atoms with E-state index < -0.39 is 4.92 Å². The van der Waals surface area contributed by atoms with Crippen molar-refractivity contribution in [3.63, 3.8) is 0 Å². The molecule has 2 aromatic rings. The van der Waals surface area contributed by atoms with Gasteiger partial charge in [-0.05, 0) is 13.0 Å². The van der Waals surface area contributed by atoms with E-state index in [0.29, 0.717) is 23.9 Å². The summed E-state index contributed by atoms with van der Waals surface area (Å²) in [6, 6.07) is 1.63. The molecule has 8 heteroatoms. The van der Waals surface area contributed by atoms with Gasteiger partial charge in [-0.3, -0.25) is 10.1 Å². The van der Waals surface area contributed by atoms with Crippen molar-refractivity contribution in [1.29, 1.82) is 0 Å². The Balaban J connectivity index is 2.24. The minimum Gasteiger partial charge on any atom is -0.350 e. The van der Waals surface area contributed by atoms with Crippen molar-refractivity contribution in [2.75, 3.05) is 30.9 Å². The van der Waals surface area contributed by atoms with E-state index in [1.54, 1.807) is 48.4 Å². The largest absolute Gasteiger partial charge is 0.350 e. The van der Waals surface area contributed by atoms with E-state index in [9.17, 15) is 10.1 Å². The number of nitro groups is 1. The zero-order chi connectivity index (χ0) is 16.3. The maximum atomic E-state index is 11.2. The van der Waals surface area contributed by atoms with Crippen LogP contribution < -0.4 is 9.80 Å². The van der Waals surface area contributed by atoms with Crippen LogP contribution in [0.5, 0.6) is 0 Å². The minimum atomic E-state index is -0.403. The molecule has 2 aromatic heterocycles. The first-order chi connectivity index (χ1) is 10.4. The molecule has 2 heterocycles. The quantitative estimate of drug-likeness (QED) is 0.614. The summed E-state index contributed by atoms with van der Waals surface area (Å²) in [7, 11) is 5.48. The molecule has 0 aromatic carbocycles. The molecule has 0 atom stereocenters. The van der Waals surface area contributed by atoms with Crippen LogP contribution in [0, 0.1) is 17.0 Å². The average molecular weight is 302 g/mol. The molecule has 0 spiro atoms. The molecule has 0 aliphatic carbocycles. The fourth-order valence-corrected chi connectivity index (χ4v) is 2.05. The van der Waals surface area contributed by atoms with E-state index in [-0.39, 0.29) is 5.69 Å². The molecule has 0 amide bonds. The van der Waals surface area contributed by atoms with Crippen molar-refractivity contribution >= 4 is 17.5 Å². The lowest BCUT2D eigenvalue weighted by Crippen LogP contribution is -2.20. The number of nitrogens with zero attached hydrogens (tertiary/aromatic N) is 6. The molecule has 2 rings (SSSR count). The van der Waals surface area contributed by atoms with E-state index in [1.807, 2.05) is 14.1 Å². The number of aryl methyl sites for hydroxylation is 1. The van der Waals surface area contributed by atoms with E-state index in [1.165, 1.54) is 0 Å². The number of rotatable bonds is 5. The van der Waals surface area contributed by atoms with E-state index in [4.69, 9.17) is 0 Å². The van der Waals surface area contributed by atoms with Gasteiger partial charge in [0.15, 0.2) is 0 Å². The predicted molar refractivity (Wildman–Crippen MR) is 84.1 cm³/mol. The molecule has 0 N–H and O–H groups in total. The van der Waals surface area contributed by atoms with Crippen molar-refractivity contribution in [1.82, 2.24) is 15.0 Å². The Bertz CT molecular complexity index is 672. The highest BCUT2D eigenvalue weighted by Gasteiger charge is 2.21. The van der Waals surface area contributed by atoms with Crippen LogP contribution in [0.1, 0.15) is 11.1 Å². The summed E-state index contributed by atoms with van der Waals surface area (Å²) in [5.41, 5.74) is 1.46. The summed E-state index contributed by atoms with van der Waals surface area (Å²) < 4.78 is 0. The molecule has 0 saturated heterocycles. The molecule has 0 bridgehead atoms. The molecule has 8 nitrogen and oxygen atoms in total. The van der Waals surface area contributed by atoms with Crippen LogP contribution in [0.2, 0.25) is 0 Å². The molecule has 0 unspecified atom stereocenters. The van der Waals surface area contributed by atoms with Crippen LogP contribution in [0.15, 0.2) is 24.7 Å². The van der Waals surface area contributed by atoms with Crippen molar-refractivity contribution in [2.24, 2.45) is 0 Å². The number of hydrogen-bond donors (Lipinski definition) is 0. The van der Waals surface area contributed by atoms with Gasteiger partial charge in [-0.25, -0.2) is 15.0 Å². The van der Waals surface area contributed by atoms with Crippen molar-refractivity contribution < 1.29 is 4.92 Å². The molecule has 0 fully saturated rings. The molecule has 22 heavy (non-hydrogen) atoms. The third kappa shape index (κ3) is 3.27. The molecular formula is C14H18N6O2. The average Bonchev–Trinajstić information content (AvgIpc) is 2.47. The normalized spacial score (nSPS) is 10.4. The molecule has 0 saturated carbocycles. The Kier molecular flexibility index (Phi) is 4.50. The zero-order valence-corrected chi connectivity index (χ0v) is 13.0. The fourth-order valence-electron chi connectivity index (χ4n) is 2.05. The van der Waals surface area contributed by atoms with Crippen LogP contribution in [-0.4, -0.2) is 41.0 Å². The maximum absolute atomic E-state index is 11.2. The smallest absolute Gasteiger partial charge is 0.314 e. The SMILES string of the molecule is Cc1ccnc(N(C)Cc2cnc(N(C)C)nc2)c1[N+](=O)[O-]. The third-order valence-electron chi connectivity index (χ3n) is 3.16. The number of hydrogen-bond acceptors (Lipinski definition) is 7. The Morgan fingerprint density at radius 1 is 1.18 bits per heavy atom. The van der Waals surface area contributed by atoms with Crippen LogP contribution >= 0.6 is 0 Å². The van der Waals surface area contributed by atoms with Crippen LogP contribution in [0.3, 0.4) is 0 Å². The summed E-state index contributed by atoms with van der Waals surface area (Å²) in [5.74, 6) is 0.952. The molecule has 0 aliphatic heterocycles. The Labute approximate surface area is 128 Å². The van der Waals surface area contributed by atoms with Gasteiger partial charge in [0.05, 0.1) is 4.92 Å². The van der Waals surface area contributed by atoms with Gasteiger partial charge in [-0.15, -0.1) is 0 Å². The lowest BCUT2D eigenvalue weighted by molar-refractivity contribution is -0.384. The van der Waals surface area contributed by atoms with Crippen molar-refractivity contribution in [2.45, 2.75) is 13.5 Å². The monoisotopic (exact) mass is 302 g/mol. The van der Waals surface area contributed by atoms with Gasteiger partial charge in [0.2, 0.25) is 11.8 Å². The van der Waals surface area contributed by atoms with Crippen LogP contribution in [0.4, 0.5) is 17.5 Å². The molecule has 0 radical (unpaired) electrons. The highest BCUT2D eigenvalue weighted by molar-refractivity contribution is 5.61. The Morgan fingerprint density at radius 2 is 1.82 bits per heavy atom. The minimum absolute atomic E-state index is 0.0239. The first kappa shape index (κ1) is 15.6. The van der Waals surface area contributed by atoms with Crippen molar-refractivity contribution in [3.8, 4) is 0 Å². The highest BCUT2D eigenvalue weighted by atomic mass is 16.6. The molecular weight excluding hydrogens is 284 g/mol. The predicted octanol–water partition coefficient (Wildman–Crippen LogP) is 1.79. The third-order valence-corrected chi connectivity index (χ3v) is 3.16. The van der Waals surface area contributed by atoms with Gasteiger partial charge in [-0.2, -0.15) is 0 Å². The second kappa shape index (κ2) is 6.33. The fraction of sp³-hybridized carbons (Fsp3) is 0.357. The molecule has 0 aliphatic rings. The first-order valence-corrected chi connectivity index (χ1v) is 6.69. The van der Waals surface area contributed by atoms with E-state index in [0.717, 1.165) is 5.56 Å². The van der Waals surface area contributed by atoms with Gasteiger partial charge in [0, 0.05) is 57.4 Å². The lowest BCUT2D eigenvalue weighted by atomic mass is 10.2. The standard InChI is InChI=1S/C14H18N6O2/c1-10-5-6-15-13(12(10)20(21)22)19(4)9-11-7-16-14(17-8-11)18(2)3/h5-8H,9H2,1-4H3. The Hall–Kier alpha value is -2.77. The topological polar surface area (TPSA) is 88.3 Å². The number of pyridine rings is 1. The highest BCUT2D eigenvalue weighted by Crippen LogP contribution is 2.28. The van der Waals surface area contributed by atoms with Gasteiger partial charge in [0.25, 0.3) is 0 Å². The summed E-state index contributed by atoms with van der Waals surface area (Å²) in [6.45, 7) is 2.14. The van der Waals surface area contributed by atoms with Gasteiger partial charge >= 0.3 is 5.69 Å². The second-order valence-corrected chi connectivity index (χ2v) is 5.20. The second-order valence-electron chi connectivity index (χ2n) is 5.20. The van der Waals surface area contributed by atoms with E-state index >= 15 is 0 Å². The summed E-state index contributed by atoms with van der Waals surface area (Å²) >= 11 is 0. The summed E-state index contributed by atoms with van der Waals surface area (Å²) in [4.78, 5) is 27.0. The van der Waals surface area contributed by atoms with Gasteiger partial charge < -0.3 is 9.80 Å². The summed E-state index contributed by atoms with van der Waals surface area (Å²) in [6.07, 6.45) is 4.99. The number of aromatic nitrogens is 3. The Morgan fingerprint density at radius 3 is 2.36 bits per heavy atom. The molecule has 116 valence electrons.